The van der Waals surface area contributed by atoms with E-state index in [-0.39, 0.29) is 5.60 Å². The van der Waals surface area contributed by atoms with Crippen molar-refractivity contribution in [2.75, 3.05) is 6.61 Å². The second-order valence-electron chi connectivity index (χ2n) is 4.77. The van der Waals surface area contributed by atoms with E-state index >= 15 is 0 Å². The third-order valence-electron chi connectivity index (χ3n) is 3.54. The zero-order chi connectivity index (χ0) is 13.1. The lowest BCUT2D eigenvalue weighted by Crippen LogP contribution is -2.26. The third kappa shape index (κ3) is 2.26. The van der Waals surface area contributed by atoms with Crippen molar-refractivity contribution in [2.45, 2.75) is 38.2 Å². The molecule has 3 rings (SSSR count). The lowest BCUT2D eigenvalue weighted by atomic mass is 10.0. The van der Waals surface area contributed by atoms with Crippen molar-refractivity contribution in [1.82, 2.24) is 15.1 Å². The third-order valence-corrected chi connectivity index (χ3v) is 3.54. The molecule has 0 aliphatic heterocycles. The number of aromatic nitrogens is 3. The zero-order valence-corrected chi connectivity index (χ0v) is 11.0. The highest BCUT2D eigenvalue weighted by Gasteiger charge is 2.41. The van der Waals surface area contributed by atoms with Gasteiger partial charge in [-0.15, -0.1) is 0 Å². The van der Waals surface area contributed by atoms with E-state index in [1.54, 1.807) is 6.20 Å². The normalized spacial score (nSPS) is 17.7. The van der Waals surface area contributed by atoms with E-state index < -0.39 is 0 Å². The van der Waals surface area contributed by atoms with Crippen LogP contribution in [0.5, 0.6) is 0 Å². The van der Waals surface area contributed by atoms with Gasteiger partial charge in [-0.1, -0.05) is 11.2 Å². The van der Waals surface area contributed by atoms with E-state index in [1.165, 1.54) is 0 Å². The summed E-state index contributed by atoms with van der Waals surface area (Å²) in [5, 5.41) is 4.03. The van der Waals surface area contributed by atoms with Crippen LogP contribution in [0.25, 0.3) is 11.5 Å². The summed E-state index contributed by atoms with van der Waals surface area (Å²) in [6.07, 6.45) is 5.90. The number of hydrogen-bond donors (Lipinski definition) is 0. The van der Waals surface area contributed by atoms with Gasteiger partial charge in [-0.05, 0) is 44.7 Å². The first-order valence-corrected chi connectivity index (χ1v) is 6.74. The molecule has 100 valence electrons. The van der Waals surface area contributed by atoms with Gasteiger partial charge >= 0.3 is 0 Å². The first kappa shape index (κ1) is 12.3. The number of hydrogen-bond acceptors (Lipinski definition) is 5. The molecule has 0 amide bonds. The van der Waals surface area contributed by atoms with Crippen LogP contribution in [0.15, 0.2) is 28.9 Å². The summed E-state index contributed by atoms with van der Waals surface area (Å²) in [6.45, 7) is 2.65. The van der Waals surface area contributed by atoms with E-state index in [0.29, 0.717) is 18.3 Å². The Morgan fingerprint density at radius 1 is 1.32 bits per heavy atom. The molecule has 1 aliphatic rings. The van der Waals surface area contributed by atoms with Crippen molar-refractivity contribution in [3.05, 3.63) is 30.3 Å². The fourth-order valence-electron chi connectivity index (χ4n) is 2.65. The molecule has 0 radical (unpaired) electrons. The fourth-order valence-corrected chi connectivity index (χ4v) is 2.65. The summed E-state index contributed by atoms with van der Waals surface area (Å²) >= 11 is 0. The molecule has 2 aromatic heterocycles. The van der Waals surface area contributed by atoms with Crippen LogP contribution in [-0.2, 0) is 10.3 Å². The second-order valence-corrected chi connectivity index (χ2v) is 4.77. The van der Waals surface area contributed by atoms with Gasteiger partial charge in [-0.2, -0.15) is 4.98 Å². The van der Waals surface area contributed by atoms with Gasteiger partial charge in [0, 0.05) is 12.8 Å². The van der Waals surface area contributed by atoms with Gasteiger partial charge in [0.2, 0.25) is 5.82 Å². The van der Waals surface area contributed by atoms with E-state index in [2.05, 4.69) is 15.1 Å². The van der Waals surface area contributed by atoms with Crippen LogP contribution in [-0.4, -0.2) is 21.7 Å². The van der Waals surface area contributed by atoms with Gasteiger partial charge < -0.3 is 9.26 Å². The summed E-state index contributed by atoms with van der Waals surface area (Å²) in [7, 11) is 0. The first-order chi connectivity index (χ1) is 9.34. The molecule has 0 saturated heterocycles. The Bertz CT molecular complexity index is 533. The van der Waals surface area contributed by atoms with Crippen LogP contribution in [0.3, 0.4) is 0 Å². The number of ether oxygens (including phenoxy) is 1. The molecule has 2 heterocycles. The van der Waals surface area contributed by atoms with Gasteiger partial charge in [0.05, 0.1) is 0 Å². The highest BCUT2D eigenvalue weighted by Crippen LogP contribution is 2.41. The van der Waals surface area contributed by atoms with Crippen LogP contribution in [0.4, 0.5) is 0 Å². The predicted octanol–water partition coefficient (Wildman–Crippen LogP) is 2.94. The minimum absolute atomic E-state index is 0.380. The van der Waals surface area contributed by atoms with E-state index in [1.807, 2.05) is 25.1 Å². The van der Waals surface area contributed by atoms with Crippen molar-refractivity contribution in [1.29, 1.82) is 0 Å². The molecule has 0 unspecified atom stereocenters. The average molecular weight is 259 g/mol. The molecule has 2 aromatic rings. The van der Waals surface area contributed by atoms with Crippen LogP contribution in [0.2, 0.25) is 0 Å². The molecule has 0 atom stereocenters. The Morgan fingerprint density at radius 2 is 2.16 bits per heavy atom. The summed E-state index contributed by atoms with van der Waals surface area (Å²) < 4.78 is 11.3. The van der Waals surface area contributed by atoms with Crippen molar-refractivity contribution < 1.29 is 9.26 Å². The molecule has 0 aromatic carbocycles. The quantitative estimate of drug-likeness (QED) is 0.844. The Balaban J connectivity index is 1.92. The van der Waals surface area contributed by atoms with Crippen molar-refractivity contribution in [3.8, 4) is 11.5 Å². The maximum atomic E-state index is 5.91. The topological polar surface area (TPSA) is 61.0 Å². The highest BCUT2D eigenvalue weighted by molar-refractivity contribution is 5.47. The van der Waals surface area contributed by atoms with Crippen LogP contribution >= 0.6 is 0 Å². The lowest BCUT2D eigenvalue weighted by molar-refractivity contribution is -0.0610. The summed E-state index contributed by atoms with van der Waals surface area (Å²) in [5.41, 5.74) is 0.344. The largest absolute Gasteiger partial charge is 0.365 e. The Morgan fingerprint density at radius 3 is 2.84 bits per heavy atom. The minimum atomic E-state index is -0.380. The maximum absolute atomic E-state index is 5.91. The van der Waals surface area contributed by atoms with E-state index in [9.17, 15) is 0 Å². The van der Waals surface area contributed by atoms with Gasteiger partial charge in [-0.25, -0.2) is 0 Å². The zero-order valence-electron chi connectivity index (χ0n) is 11.0. The number of pyridine rings is 1. The second kappa shape index (κ2) is 5.09. The average Bonchev–Trinajstić information content (AvgIpc) is 3.09. The molecule has 5 heteroatoms. The standard InChI is InChI=1S/C14H17N3O2/c1-2-18-14(8-4-5-9-14)13-16-12(17-19-13)11-7-3-6-10-15-11/h3,6-7,10H,2,4-5,8-9H2,1H3. The molecule has 0 N–H and O–H groups in total. The molecule has 1 aliphatic carbocycles. The predicted molar refractivity (Wildman–Crippen MR) is 69.3 cm³/mol. The van der Waals surface area contributed by atoms with Gasteiger partial charge in [-0.3, -0.25) is 4.98 Å². The maximum Gasteiger partial charge on any atom is 0.259 e. The van der Waals surface area contributed by atoms with E-state index in [4.69, 9.17) is 9.26 Å². The van der Waals surface area contributed by atoms with Gasteiger partial charge in [0.1, 0.15) is 11.3 Å². The van der Waals surface area contributed by atoms with Crippen molar-refractivity contribution in [2.24, 2.45) is 0 Å². The smallest absolute Gasteiger partial charge is 0.259 e. The van der Waals surface area contributed by atoms with Crippen LogP contribution < -0.4 is 0 Å². The SMILES string of the molecule is CCOC1(c2nc(-c3ccccn3)no2)CCCC1. The Labute approximate surface area is 112 Å². The van der Waals surface area contributed by atoms with Crippen LogP contribution in [0.1, 0.15) is 38.5 Å². The Kier molecular flexibility index (Phi) is 3.29. The molecule has 0 spiro atoms. The van der Waals surface area contributed by atoms with E-state index in [0.717, 1.165) is 31.4 Å². The number of rotatable bonds is 4. The molecule has 0 bridgehead atoms. The van der Waals surface area contributed by atoms with Crippen molar-refractivity contribution >= 4 is 0 Å². The number of nitrogens with zero attached hydrogens (tertiary/aromatic N) is 3. The highest BCUT2D eigenvalue weighted by atomic mass is 16.5. The molecular weight excluding hydrogens is 242 g/mol. The molecular formula is C14H17N3O2. The van der Waals surface area contributed by atoms with Crippen molar-refractivity contribution in [3.63, 3.8) is 0 Å². The van der Waals surface area contributed by atoms with Gasteiger partial charge in [0.25, 0.3) is 5.89 Å². The molecule has 1 fully saturated rings. The Hall–Kier alpha value is -1.75. The molecule has 5 nitrogen and oxygen atoms in total. The molecule has 19 heavy (non-hydrogen) atoms. The van der Waals surface area contributed by atoms with Crippen LogP contribution in [0, 0.1) is 0 Å². The van der Waals surface area contributed by atoms with Gasteiger partial charge in [0.15, 0.2) is 0 Å². The minimum Gasteiger partial charge on any atom is -0.365 e. The first-order valence-electron chi connectivity index (χ1n) is 6.74. The fraction of sp³-hybridized carbons (Fsp3) is 0.500. The monoisotopic (exact) mass is 259 g/mol. The lowest BCUT2D eigenvalue weighted by Gasteiger charge is -2.24. The molecule has 1 saturated carbocycles. The summed E-state index contributed by atoms with van der Waals surface area (Å²) in [4.78, 5) is 8.72. The summed E-state index contributed by atoms with van der Waals surface area (Å²) in [5.74, 6) is 1.12. The summed E-state index contributed by atoms with van der Waals surface area (Å²) in [6, 6.07) is 5.64.